The Hall–Kier alpha value is -1.26. The van der Waals surface area contributed by atoms with E-state index in [0.29, 0.717) is 25.0 Å². The first kappa shape index (κ1) is 27.8. The fourth-order valence-corrected chi connectivity index (χ4v) is 3.76. The van der Waals surface area contributed by atoms with Crippen LogP contribution in [-0.2, 0) is 4.79 Å². The van der Waals surface area contributed by atoms with Gasteiger partial charge in [-0.15, -0.1) is 24.0 Å². The summed E-state index contributed by atoms with van der Waals surface area (Å²) in [5.41, 5.74) is 1.13. The number of aliphatic hydroxyl groups is 1. The van der Waals surface area contributed by atoms with Gasteiger partial charge in [0.05, 0.1) is 0 Å². The van der Waals surface area contributed by atoms with Crippen LogP contribution < -0.4 is 15.5 Å². The summed E-state index contributed by atoms with van der Waals surface area (Å²) in [7, 11) is 0. The quantitative estimate of drug-likeness (QED) is 0.231. The molecule has 1 aliphatic heterocycles. The van der Waals surface area contributed by atoms with Crippen molar-refractivity contribution in [3.63, 3.8) is 0 Å². The molecular formula is C22H37ClIN5O2. The molecule has 7 nitrogen and oxygen atoms in total. The lowest BCUT2D eigenvalue weighted by Crippen LogP contribution is -2.49. The van der Waals surface area contributed by atoms with Crippen molar-refractivity contribution in [3.05, 3.63) is 29.3 Å². The number of hydrogen-bond donors (Lipinski definition) is 3. The second-order valence-electron chi connectivity index (χ2n) is 7.59. The molecule has 0 saturated carbocycles. The number of aliphatic hydroxyl groups excluding tert-OH is 1. The van der Waals surface area contributed by atoms with E-state index in [4.69, 9.17) is 11.6 Å². The molecule has 0 radical (unpaired) electrons. The van der Waals surface area contributed by atoms with Gasteiger partial charge >= 0.3 is 0 Å². The third kappa shape index (κ3) is 9.82. The van der Waals surface area contributed by atoms with Crippen molar-refractivity contribution in [3.8, 4) is 0 Å². The van der Waals surface area contributed by atoms with E-state index in [0.717, 1.165) is 56.2 Å². The number of piperazine rings is 1. The van der Waals surface area contributed by atoms with Crippen LogP contribution in [0, 0.1) is 5.92 Å². The fourth-order valence-electron chi connectivity index (χ4n) is 3.63. The van der Waals surface area contributed by atoms with Gasteiger partial charge in [-0.25, -0.2) is 4.99 Å². The molecule has 1 heterocycles. The van der Waals surface area contributed by atoms with E-state index in [9.17, 15) is 9.90 Å². The normalized spacial score (nSPS) is 15.3. The molecule has 1 aromatic rings. The molecule has 1 unspecified atom stereocenters. The Labute approximate surface area is 208 Å². The van der Waals surface area contributed by atoms with Crippen LogP contribution in [0.2, 0.25) is 5.02 Å². The van der Waals surface area contributed by atoms with E-state index >= 15 is 0 Å². The summed E-state index contributed by atoms with van der Waals surface area (Å²) >= 11 is 5.96. The van der Waals surface area contributed by atoms with Gasteiger partial charge in [-0.05, 0) is 49.9 Å². The lowest BCUT2D eigenvalue weighted by atomic mass is 10.0. The zero-order chi connectivity index (χ0) is 21.8. The number of nitrogens with one attached hydrogen (secondary N) is 2. The molecule has 2 rings (SSSR count). The number of hydrogen-bond acceptors (Lipinski definition) is 4. The number of nitrogens with zero attached hydrogens (tertiary/aromatic N) is 3. The molecule has 1 fully saturated rings. The van der Waals surface area contributed by atoms with Crippen molar-refractivity contribution < 1.29 is 9.90 Å². The molecule has 0 bridgehead atoms. The van der Waals surface area contributed by atoms with Crippen molar-refractivity contribution in [2.75, 3.05) is 57.3 Å². The van der Waals surface area contributed by atoms with Gasteiger partial charge in [0.25, 0.3) is 0 Å². The predicted molar refractivity (Wildman–Crippen MR) is 140 cm³/mol. The summed E-state index contributed by atoms with van der Waals surface area (Å²) in [6.45, 7) is 8.94. The third-order valence-electron chi connectivity index (χ3n) is 5.33. The molecule has 1 aliphatic rings. The van der Waals surface area contributed by atoms with Crippen LogP contribution in [0.15, 0.2) is 29.3 Å². The van der Waals surface area contributed by atoms with Gasteiger partial charge in [0.2, 0.25) is 5.91 Å². The van der Waals surface area contributed by atoms with Crippen molar-refractivity contribution in [1.82, 2.24) is 15.5 Å². The van der Waals surface area contributed by atoms with Gasteiger partial charge < -0.3 is 25.5 Å². The Morgan fingerprint density at radius 2 is 1.81 bits per heavy atom. The number of rotatable bonds is 10. The average molecular weight is 566 g/mol. The van der Waals surface area contributed by atoms with Crippen molar-refractivity contribution >= 4 is 53.1 Å². The molecule has 0 aliphatic carbocycles. The molecule has 1 saturated heterocycles. The average Bonchev–Trinajstić information content (AvgIpc) is 2.76. The number of carbonyl (C=O) groups is 1. The second-order valence-corrected chi connectivity index (χ2v) is 8.02. The molecule has 1 aromatic carbocycles. The van der Waals surface area contributed by atoms with Gasteiger partial charge in [0.1, 0.15) is 6.54 Å². The molecule has 9 heteroatoms. The number of guanidine groups is 1. The number of halogens is 2. The third-order valence-corrected chi connectivity index (χ3v) is 5.59. The number of amides is 1. The number of benzene rings is 1. The first-order chi connectivity index (χ1) is 14.6. The summed E-state index contributed by atoms with van der Waals surface area (Å²) in [5, 5.41) is 16.5. The van der Waals surface area contributed by atoms with Gasteiger partial charge in [-0.2, -0.15) is 0 Å². The summed E-state index contributed by atoms with van der Waals surface area (Å²) in [6.07, 6.45) is 2.92. The van der Waals surface area contributed by atoms with Gasteiger partial charge in [-0.3, -0.25) is 4.79 Å². The highest BCUT2D eigenvalue weighted by Crippen LogP contribution is 2.19. The monoisotopic (exact) mass is 565 g/mol. The molecular weight excluding hydrogens is 529 g/mol. The van der Waals surface area contributed by atoms with Crippen molar-refractivity contribution in [1.29, 1.82) is 0 Å². The van der Waals surface area contributed by atoms with Crippen molar-refractivity contribution in [2.24, 2.45) is 10.9 Å². The maximum absolute atomic E-state index is 12.6. The van der Waals surface area contributed by atoms with E-state index in [1.54, 1.807) is 0 Å². The minimum absolute atomic E-state index is 0. The van der Waals surface area contributed by atoms with Crippen molar-refractivity contribution in [2.45, 2.75) is 33.1 Å². The Bertz CT molecular complexity index is 660. The smallest absolute Gasteiger partial charge is 0.244 e. The second kappa shape index (κ2) is 15.5. The van der Waals surface area contributed by atoms with Gasteiger partial charge in [0.15, 0.2) is 5.96 Å². The molecule has 1 atom stereocenters. The molecule has 0 aromatic heterocycles. The summed E-state index contributed by atoms with van der Waals surface area (Å²) in [5.74, 6) is 1.11. The maximum Gasteiger partial charge on any atom is 0.244 e. The molecule has 31 heavy (non-hydrogen) atoms. The first-order valence-corrected chi connectivity index (χ1v) is 11.4. The Kier molecular flexibility index (Phi) is 13.9. The predicted octanol–water partition coefficient (Wildman–Crippen LogP) is 2.96. The molecule has 1 amide bonds. The summed E-state index contributed by atoms with van der Waals surface area (Å²) in [6, 6.07) is 7.82. The molecule has 0 spiro atoms. The number of carbonyl (C=O) groups excluding carboxylic acids is 1. The summed E-state index contributed by atoms with van der Waals surface area (Å²) in [4.78, 5) is 21.3. The highest BCUT2D eigenvalue weighted by molar-refractivity contribution is 14.0. The summed E-state index contributed by atoms with van der Waals surface area (Å²) < 4.78 is 0. The lowest BCUT2D eigenvalue weighted by Gasteiger charge is -2.36. The van der Waals surface area contributed by atoms with E-state index in [2.05, 4.69) is 27.4 Å². The van der Waals surface area contributed by atoms with Crippen LogP contribution in [0.4, 0.5) is 5.69 Å². The Morgan fingerprint density at radius 1 is 1.13 bits per heavy atom. The van der Waals surface area contributed by atoms with Crippen LogP contribution in [0.25, 0.3) is 0 Å². The van der Waals surface area contributed by atoms with E-state index < -0.39 is 0 Å². The standard InChI is InChI=1S/C22H36ClN5O2.HI/c1-3-5-18(10-15-29)16-25-22(24-4-2)26-17-21(30)28-13-11-27(12-14-28)20-8-6-19(23)7-9-20;/h6-9,18,29H,3-5,10-17H2,1-2H3,(H2,24,25,26);1H. The van der Waals surface area contributed by atoms with Gasteiger partial charge in [0, 0.05) is 56.6 Å². The van der Waals surface area contributed by atoms with Crippen LogP contribution in [0.3, 0.4) is 0 Å². The fraction of sp³-hybridized carbons (Fsp3) is 0.636. The largest absolute Gasteiger partial charge is 0.396 e. The maximum atomic E-state index is 12.6. The highest BCUT2D eigenvalue weighted by atomic mass is 127. The van der Waals surface area contributed by atoms with Crippen LogP contribution in [-0.4, -0.2) is 74.3 Å². The minimum Gasteiger partial charge on any atom is -0.396 e. The lowest BCUT2D eigenvalue weighted by molar-refractivity contribution is -0.129. The zero-order valence-electron chi connectivity index (χ0n) is 18.6. The first-order valence-electron chi connectivity index (χ1n) is 11.0. The Morgan fingerprint density at radius 3 is 2.39 bits per heavy atom. The topological polar surface area (TPSA) is 80.2 Å². The molecule has 3 N–H and O–H groups in total. The minimum atomic E-state index is 0. The van der Waals surface area contributed by atoms with Crippen LogP contribution >= 0.6 is 35.6 Å². The van der Waals surface area contributed by atoms with Crippen LogP contribution in [0.1, 0.15) is 33.1 Å². The molecule has 176 valence electrons. The van der Waals surface area contributed by atoms with Crippen LogP contribution in [0.5, 0.6) is 0 Å². The highest BCUT2D eigenvalue weighted by Gasteiger charge is 2.21. The van der Waals surface area contributed by atoms with E-state index in [1.165, 1.54) is 0 Å². The van der Waals surface area contributed by atoms with Gasteiger partial charge in [-0.1, -0.05) is 24.9 Å². The van der Waals surface area contributed by atoms with E-state index in [1.807, 2.05) is 36.1 Å². The number of anilines is 1. The zero-order valence-corrected chi connectivity index (χ0v) is 21.7. The number of aliphatic imine (C=N–C) groups is 1. The SMILES string of the molecule is CCCC(CCO)CNC(=NCC(=O)N1CCN(c2ccc(Cl)cc2)CC1)NCC.I. The van der Waals surface area contributed by atoms with E-state index in [-0.39, 0.29) is 43.0 Å². The Balaban J connectivity index is 0.00000480.